The highest BCUT2D eigenvalue weighted by Gasteiger charge is 1.98. The van der Waals surface area contributed by atoms with Crippen LogP contribution in [0.5, 0.6) is 0 Å². The highest BCUT2D eigenvalue weighted by molar-refractivity contribution is 7.99. The van der Waals surface area contributed by atoms with Gasteiger partial charge < -0.3 is 0 Å². The van der Waals surface area contributed by atoms with Crippen LogP contribution >= 0.6 is 23.4 Å². The second kappa shape index (κ2) is 4.39. The maximum absolute atomic E-state index is 5.62. The van der Waals surface area contributed by atoms with Crippen LogP contribution < -0.4 is 0 Å². The first-order valence-corrected chi connectivity index (χ1v) is 5.09. The van der Waals surface area contributed by atoms with Crippen LogP contribution in [0.25, 0.3) is 0 Å². The topological polar surface area (TPSA) is 38.7 Å². The van der Waals surface area contributed by atoms with E-state index in [9.17, 15) is 0 Å². The van der Waals surface area contributed by atoms with Gasteiger partial charge in [0, 0.05) is 17.3 Å². The minimum absolute atomic E-state index is 0.407. The number of hydrogen-bond donors (Lipinski definition) is 0. The maximum Gasteiger partial charge on any atom is 0.147 e. The van der Waals surface area contributed by atoms with E-state index >= 15 is 0 Å². The van der Waals surface area contributed by atoms with Crippen molar-refractivity contribution in [2.75, 3.05) is 0 Å². The molecule has 3 nitrogen and oxygen atoms in total. The molecule has 0 radical (unpaired) electrons. The lowest BCUT2D eigenvalue weighted by molar-refractivity contribution is 1.05. The molecule has 0 aliphatic rings. The molecule has 0 fully saturated rings. The molecule has 2 heterocycles. The Labute approximate surface area is 90.6 Å². The first-order valence-electron chi connectivity index (χ1n) is 3.90. The van der Waals surface area contributed by atoms with Gasteiger partial charge >= 0.3 is 0 Å². The average molecular weight is 224 g/mol. The molecule has 0 bridgehead atoms. The fraction of sp³-hybridized carbons (Fsp3) is 0. The van der Waals surface area contributed by atoms with Crippen LogP contribution in [0.15, 0.2) is 46.8 Å². The highest BCUT2D eigenvalue weighted by Crippen LogP contribution is 2.24. The van der Waals surface area contributed by atoms with Gasteiger partial charge in [0.1, 0.15) is 10.2 Å². The Morgan fingerprint density at radius 1 is 1.07 bits per heavy atom. The monoisotopic (exact) mass is 223 g/mol. The van der Waals surface area contributed by atoms with Crippen molar-refractivity contribution in [3.63, 3.8) is 0 Å². The molecule has 0 atom stereocenters. The molecule has 2 rings (SSSR count). The summed E-state index contributed by atoms with van der Waals surface area (Å²) in [7, 11) is 0. The second-order valence-electron chi connectivity index (χ2n) is 2.46. The summed E-state index contributed by atoms with van der Waals surface area (Å²) in [6, 6.07) is 3.84. The molecular weight excluding hydrogens is 218 g/mol. The normalized spacial score (nSPS) is 10.1. The fourth-order valence-electron chi connectivity index (χ4n) is 0.880. The Morgan fingerprint density at radius 2 is 1.86 bits per heavy atom. The van der Waals surface area contributed by atoms with Gasteiger partial charge in [-0.05, 0) is 12.1 Å². The van der Waals surface area contributed by atoms with Crippen molar-refractivity contribution in [1.82, 2.24) is 15.0 Å². The molecule has 2 aromatic heterocycles. The van der Waals surface area contributed by atoms with Gasteiger partial charge in [-0.3, -0.25) is 4.98 Å². The van der Waals surface area contributed by atoms with Crippen LogP contribution in [-0.4, -0.2) is 15.0 Å². The highest BCUT2D eigenvalue weighted by atomic mass is 35.5. The Kier molecular flexibility index (Phi) is 2.96. The van der Waals surface area contributed by atoms with Crippen LogP contribution in [0.1, 0.15) is 0 Å². The van der Waals surface area contributed by atoms with Crippen molar-refractivity contribution >= 4 is 23.4 Å². The molecule has 0 saturated heterocycles. The molecule has 0 spiro atoms. The Morgan fingerprint density at radius 3 is 2.50 bits per heavy atom. The van der Waals surface area contributed by atoms with Gasteiger partial charge in [0.15, 0.2) is 0 Å². The predicted octanol–water partition coefficient (Wildman–Crippen LogP) is 2.68. The van der Waals surface area contributed by atoms with E-state index in [0.29, 0.717) is 5.15 Å². The van der Waals surface area contributed by atoms with Crippen molar-refractivity contribution < 1.29 is 0 Å². The van der Waals surface area contributed by atoms with Gasteiger partial charge in [0.25, 0.3) is 0 Å². The van der Waals surface area contributed by atoms with Crippen molar-refractivity contribution in [3.8, 4) is 0 Å². The van der Waals surface area contributed by atoms with Crippen LogP contribution in [0, 0.1) is 0 Å². The molecule has 0 amide bonds. The quantitative estimate of drug-likeness (QED) is 0.785. The summed E-state index contributed by atoms with van der Waals surface area (Å²) in [5, 5.41) is 1.23. The summed E-state index contributed by atoms with van der Waals surface area (Å²) >= 11 is 7.15. The Balaban J connectivity index is 2.16. The first-order chi connectivity index (χ1) is 6.84. The summed E-state index contributed by atoms with van der Waals surface area (Å²) in [4.78, 5) is 13.1. The lowest BCUT2D eigenvalue weighted by atomic mass is 10.5. The van der Waals surface area contributed by atoms with E-state index in [0.717, 1.165) is 9.92 Å². The van der Waals surface area contributed by atoms with Crippen LogP contribution in [0.3, 0.4) is 0 Å². The van der Waals surface area contributed by atoms with Crippen LogP contribution in [0.4, 0.5) is 0 Å². The van der Waals surface area contributed by atoms with Crippen LogP contribution in [-0.2, 0) is 0 Å². The number of halogens is 1. The van der Waals surface area contributed by atoms with E-state index in [2.05, 4.69) is 15.0 Å². The molecule has 2 aromatic rings. The van der Waals surface area contributed by atoms with Gasteiger partial charge in [-0.1, -0.05) is 23.4 Å². The number of rotatable bonds is 2. The SMILES string of the molecule is Clc1cnc(Sc2ccncc2)cn1. The van der Waals surface area contributed by atoms with E-state index in [1.165, 1.54) is 18.0 Å². The molecule has 5 heteroatoms. The zero-order valence-corrected chi connectivity index (χ0v) is 8.66. The largest absolute Gasteiger partial charge is 0.265 e. The number of aromatic nitrogens is 3. The lowest BCUT2D eigenvalue weighted by Gasteiger charge is -1.98. The van der Waals surface area contributed by atoms with Crippen LogP contribution in [0.2, 0.25) is 5.15 Å². The molecule has 0 N–H and O–H groups in total. The van der Waals surface area contributed by atoms with Crippen molar-refractivity contribution in [3.05, 3.63) is 42.1 Å². The number of hydrogen-bond acceptors (Lipinski definition) is 4. The standard InChI is InChI=1S/C9H6ClN3S/c10-8-5-13-9(6-12-8)14-7-1-3-11-4-2-7/h1-6H. The fourth-order valence-corrected chi connectivity index (χ4v) is 1.69. The molecule has 0 aliphatic heterocycles. The molecule has 0 unspecified atom stereocenters. The molecular formula is C9H6ClN3S. The third-order valence-electron chi connectivity index (χ3n) is 1.47. The van der Waals surface area contributed by atoms with Crippen molar-refractivity contribution in [1.29, 1.82) is 0 Å². The minimum Gasteiger partial charge on any atom is -0.265 e. The zero-order chi connectivity index (χ0) is 9.80. The van der Waals surface area contributed by atoms with Gasteiger partial charge in [0.2, 0.25) is 0 Å². The Bertz CT molecular complexity index is 404. The minimum atomic E-state index is 0.407. The summed E-state index contributed by atoms with van der Waals surface area (Å²) in [6.07, 6.45) is 6.66. The lowest BCUT2D eigenvalue weighted by Crippen LogP contribution is -1.82. The summed E-state index contributed by atoms with van der Waals surface area (Å²) in [5.41, 5.74) is 0. The molecule has 0 aliphatic carbocycles. The van der Waals surface area contributed by atoms with Gasteiger partial charge in [-0.15, -0.1) is 0 Å². The Hall–Kier alpha value is -1.13. The average Bonchev–Trinajstić information content (AvgIpc) is 2.23. The van der Waals surface area contributed by atoms with Gasteiger partial charge in [-0.2, -0.15) is 0 Å². The first kappa shape index (κ1) is 9.43. The van der Waals surface area contributed by atoms with E-state index < -0.39 is 0 Å². The van der Waals surface area contributed by atoms with E-state index in [4.69, 9.17) is 11.6 Å². The predicted molar refractivity (Wildman–Crippen MR) is 55.4 cm³/mol. The summed E-state index contributed by atoms with van der Waals surface area (Å²) < 4.78 is 0. The zero-order valence-electron chi connectivity index (χ0n) is 7.09. The second-order valence-corrected chi connectivity index (χ2v) is 3.94. The smallest absolute Gasteiger partial charge is 0.147 e. The van der Waals surface area contributed by atoms with Gasteiger partial charge in [-0.25, -0.2) is 9.97 Å². The molecule has 0 saturated carbocycles. The third kappa shape index (κ3) is 2.43. The van der Waals surface area contributed by atoms with Crippen molar-refractivity contribution in [2.45, 2.75) is 9.92 Å². The molecule has 0 aromatic carbocycles. The van der Waals surface area contributed by atoms with E-state index in [1.54, 1.807) is 18.6 Å². The summed E-state index contributed by atoms with van der Waals surface area (Å²) in [5.74, 6) is 0. The molecule has 70 valence electrons. The maximum atomic E-state index is 5.62. The van der Waals surface area contributed by atoms with Crippen molar-refractivity contribution in [2.24, 2.45) is 0 Å². The van der Waals surface area contributed by atoms with Gasteiger partial charge in [0.05, 0.1) is 12.4 Å². The number of nitrogens with zero attached hydrogens (tertiary/aromatic N) is 3. The van der Waals surface area contributed by atoms with E-state index in [-0.39, 0.29) is 0 Å². The summed E-state index contributed by atoms with van der Waals surface area (Å²) in [6.45, 7) is 0. The number of pyridine rings is 1. The third-order valence-corrected chi connectivity index (χ3v) is 2.59. The van der Waals surface area contributed by atoms with E-state index in [1.807, 2.05) is 12.1 Å². The molecule has 14 heavy (non-hydrogen) atoms.